The van der Waals surface area contributed by atoms with E-state index >= 15 is 0 Å². The molecule has 1 atom stereocenters. The highest BCUT2D eigenvalue weighted by atomic mass is 19.1. The summed E-state index contributed by atoms with van der Waals surface area (Å²) in [7, 11) is 0. The maximum atomic E-state index is 13.6. The molecule has 0 amide bonds. The molecule has 2 nitrogen and oxygen atoms in total. The van der Waals surface area contributed by atoms with Gasteiger partial charge in [-0.2, -0.15) is 0 Å². The zero-order valence-electron chi connectivity index (χ0n) is 11.2. The summed E-state index contributed by atoms with van der Waals surface area (Å²) in [6.07, 6.45) is 0. The van der Waals surface area contributed by atoms with Crippen LogP contribution in [-0.2, 0) is 0 Å². The van der Waals surface area contributed by atoms with Crippen LogP contribution in [0.4, 0.5) is 10.1 Å². The first-order chi connectivity index (χ1) is 9.10. The number of hydrogen-bond acceptors (Lipinski definition) is 2. The quantitative estimate of drug-likeness (QED) is 0.879. The van der Waals surface area contributed by atoms with Crippen LogP contribution in [0.25, 0.3) is 0 Å². The smallest absolute Gasteiger partial charge is 0.126 e. The van der Waals surface area contributed by atoms with Crippen LogP contribution in [0.5, 0.6) is 0 Å². The number of aliphatic hydroxyl groups excluding tert-OH is 1. The highest BCUT2D eigenvalue weighted by Gasteiger charge is 2.11. The lowest BCUT2D eigenvalue weighted by Gasteiger charge is -2.19. The fourth-order valence-electron chi connectivity index (χ4n) is 2.00. The van der Waals surface area contributed by atoms with Crippen molar-refractivity contribution in [3.05, 3.63) is 65.0 Å². The molecule has 0 aliphatic heterocycles. The molecule has 19 heavy (non-hydrogen) atoms. The number of hydrogen-bond donors (Lipinski definition) is 2. The SMILES string of the molecule is Cc1cccc(NC(CO)c2ccc(C)c(F)c2)c1. The Bertz CT molecular complexity index is 568. The molecular weight excluding hydrogens is 241 g/mol. The Balaban J connectivity index is 2.22. The summed E-state index contributed by atoms with van der Waals surface area (Å²) < 4.78 is 13.6. The van der Waals surface area contributed by atoms with Crippen LogP contribution in [-0.4, -0.2) is 11.7 Å². The molecule has 3 heteroatoms. The molecule has 0 aliphatic carbocycles. The van der Waals surface area contributed by atoms with Crippen molar-refractivity contribution >= 4 is 5.69 Å². The van der Waals surface area contributed by atoms with Crippen molar-refractivity contribution < 1.29 is 9.50 Å². The fourth-order valence-corrected chi connectivity index (χ4v) is 2.00. The Morgan fingerprint density at radius 3 is 2.58 bits per heavy atom. The summed E-state index contributed by atoms with van der Waals surface area (Å²) in [5.41, 5.74) is 3.40. The largest absolute Gasteiger partial charge is 0.394 e. The van der Waals surface area contributed by atoms with Crippen LogP contribution in [0.3, 0.4) is 0 Å². The van der Waals surface area contributed by atoms with Gasteiger partial charge in [-0.15, -0.1) is 0 Å². The first kappa shape index (κ1) is 13.6. The van der Waals surface area contributed by atoms with Crippen LogP contribution in [0, 0.1) is 19.7 Å². The summed E-state index contributed by atoms with van der Waals surface area (Å²) in [6, 6.07) is 12.6. The standard InChI is InChI=1S/C16H18FNO/c1-11-4-3-5-14(8-11)18-16(10-19)13-7-6-12(2)15(17)9-13/h3-9,16,18-19H,10H2,1-2H3. The molecule has 0 saturated carbocycles. The van der Waals surface area contributed by atoms with Crippen molar-refractivity contribution in [2.45, 2.75) is 19.9 Å². The maximum absolute atomic E-state index is 13.6. The van der Waals surface area contributed by atoms with E-state index in [-0.39, 0.29) is 18.5 Å². The third-order valence-electron chi connectivity index (χ3n) is 3.14. The van der Waals surface area contributed by atoms with Crippen LogP contribution in [0.1, 0.15) is 22.7 Å². The second kappa shape index (κ2) is 5.85. The highest BCUT2D eigenvalue weighted by molar-refractivity contribution is 5.47. The molecule has 2 rings (SSSR count). The molecule has 0 spiro atoms. The number of anilines is 1. The molecule has 0 bridgehead atoms. The predicted octanol–water partition coefficient (Wildman–Crippen LogP) is 3.59. The summed E-state index contributed by atoms with van der Waals surface area (Å²) in [5.74, 6) is -0.248. The van der Waals surface area contributed by atoms with Crippen molar-refractivity contribution in [3.63, 3.8) is 0 Å². The number of benzene rings is 2. The Hall–Kier alpha value is -1.87. The highest BCUT2D eigenvalue weighted by Crippen LogP contribution is 2.21. The van der Waals surface area contributed by atoms with Crippen molar-refractivity contribution in [1.29, 1.82) is 0 Å². The molecule has 1 unspecified atom stereocenters. The summed E-state index contributed by atoms with van der Waals surface area (Å²) in [4.78, 5) is 0. The van der Waals surface area contributed by atoms with E-state index in [4.69, 9.17) is 0 Å². The average molecular weight is 259 g/mol. The minimum atomic E-state index is -0.308. The molecule has 0 radical (unpaired) electrons. The molecular formula is C16H18FNO. The van der Waals surface area contributed by atoms with Gasteiger partial charge in [-0.25, -0.2) is 4.39 Å². The average Bonchev–Trinajstić information content (AvgIpc) is 2.39. The van der Waals surface area contributed by atoms with Crippen molar-refractivity contribution in [1.82, 2.24) is 0 Å². The van der Waals surface area contributed by atoms with Crippen LogP contribution in [0.2, 0.25) is 0 Å². The fraction of sp³-hybridized carbons (Fsp3) is 0.250. The molecule has 0 heterocycles. The van der Waals surface area contributed by atoms with Crippen LogP contribution >= 0.6 is 0 Å². The van der Waals surface area contributed by atoms with Gasteiger partial charge in [-0.3, -0.25) is 0 Å². The molecule has 100 valence electrons. The van der Waals surface area contributed by atoms with E-state index in [0.29, 0.717) is 5.56 Å². The summed E-state index contributed by atoms with van der Waals surface area (Å²) in [6.45, 7) is 3.64. The maximum Gasteiger partial charge on any atom is 0.126 e. The van der Waals surface area contributed by atoms with E-state index in [1.54, 1.807) is 13.0 Å². The van der Waals surface area contributed by atoms with Gasteiger partial charge in [0.15, 0.2) is 0 Å². The van der Waals surface area contributed by atoms with Gasteiger partial charge in [-0.1, -0.05) is 24.3 Å². The lowest BCUT2D eigenvalue weighted by atomic mass is 10.0. The van der Waals surface area contributed by atoms with Gasteiger partial charge in [0, 0.05) is 5.69 Å². The molecule has 0 aromatic heterocycles. The van der Waals surface area contributed by atoms with Gasteiger partial charge < -0.3 is 10.4 Å². The van der Waals surface area contributed by atoms with E-state index in [0.717, 1.165) is 16.8 Å². The van der Waals surface area contributed by atoms with Gasteiger partial charge in [0.05, 0.1) is 12.6 Å². The summed E-state index contributed by atoms with van der Waals surface area (Å²) >= 11 is 0. The van der Waals surface area contributed by atoms with Gasteiger partial charge in [0.2, 0.25) is 0 Å². The van der Waals surface area contributed by atoms with Gasteiger partial charge in [0.1, 0.15) is 5.82 Å². The second-order valence-electron chi connectivity index (χ2n) is 4.76. The lowest BCUT2D eigenvalue weighted by Crippen LogP contribution is -2.15. The van der Waals surface area contributed by atoms with Crippen LogP contribution in [0.15, 0.2) is 42.5 Å². The van der Waals surface area contributed by atoms with E-state index in [1.165, 1.54) is 6.07 Å². The third-order valence-corrected chi connectivity index (χ3v) is 3.14. The monoisotopic (exact) mass is 259 g/mol. The van der Waals surface area contributed by atoms with Gasteiger partial charge >= 0.3 is 0 Å². The Morgan fingerprint density at radius 2 is 1.95 bits per heavy atom. The first-order valence-corrected chi connectivity index (χ1v) is 6.30. The van der Waals surface area contributed by atoms with Gasteiger partial charge in [-0.05, 0) is 48.7 Å². The minimum Gasteiger partial charge on any atom is -0.394 e. The Kier molecular flexibility index (Phi) is 4.17. The number of rotatable bonds is 4. The van der Waals surface area contributed by atoms with Crippen molar-refractivity contribution in [2.75, 3.05) is 11.9 Å². The Labute approximate surface area is 112 Å². The number of halogens is 1. The lowest BCUT2D eigenvalue weighted by molar-refractivity contribution is 0.276. The van der Waals surface area contributed by atoms with Gasteiger partial charge in [0.25, 0.3) is 0 Å². The van der Waals surface area contributed by atoms with E-state index < -0.39 is 0 Å². The normalized spacial score (nSPS) is 12.2. The zero-order valence-corrected chi connectivity index (χ0v) is 11.2. The minimum absolute atomic E-state index is 0.0869. The molecule has 2 aromatic carbocycles. The first-order valence-electron chi connectivity index (χ1n) is 6.30. The molecule has 2 aromatic rings. The zero-order chi connectivity index (χ0) is 13.8. The third kappa shape index (κ3) is 3.32. The molecule has 0 aliphatic rings. The predicted molar refractivity (Wildman–Crippen MR) is 75.8 cm³/mol. The molecule has 0 saturated heterocycles. The summed E-state index contributed by atoms with van der Waals surface area (Å²) in [5, 5.41) is 12.7. The number of aliphatic hydroxyl groups is 1. The second-order valence-corrected chi connectivity index (χ2v) is 4.76. The molecule has 2 N–H and O–H groups in total. The van der Waals surface area contributed by atoms with Crippen molar-refractivity contribution in [2.24, 2.45) is 0 Å². The number of nitrogens with one attached hydrogen (secondary N) is 1. The topological polar surface area (TPSA) is 32.3 Å². The number of aryl methyl sites for hydroxylation is 2. The van der Waals surface area contributed by atoms with Crippen molar-refractivity contribution in [3.8, 4) is 0 Å². The molecule has 0 fully saturated rings. The van der Waals surface area contributed by atoms with E-state index in [9.17, 15) is 9.50 Å². The van der Waals surface area contributed by atoms with E-state index in [1.807, 2.05) is 37.3 Å². The van der Waals surface area contributed by atoms with E-state index in [2.05, 4.69) is 5.32 Å². The van der Waals surface area contributed by atoms with Crippen LogP contribution < -0.4 is 5.32 Å². The Morgan fingerprint density at radius 1 is 1.16 bits per heavy atom.